The van der Waals surface area contributed by atoms with Crippen LogP contribution < -0.4 is 28.8 Å². The Morgan fingerprint density at radius 2 is 0.500 bits per heavy atom. The zero-order valence-corrected chi connectivity index (χ0v) is 15.8. The molecule has 0 rings (SSSR count). The van der Waals surface area contributed by atoms with Gasteiger partial charge in [0.2, 0.25) is 0 Å². The van der Waals surface area contributed by atoms with Crippen molar-refractivity contribution in [2.45, 2.75) is 0 Å². The van der Waals surface area contributed by atoms with Crippen molar-refractivity contribution >= 4 is 62.2 Å². The Hall–Kier alpha value is 1.34. The van der Waals surface area contributed by atoms with Crippen molar-refractivity contribution in [3.63, 3.8) is 0 Å². The van der Waals surface area contributed by atoms with Gasteiger partial charge in [-0.2, -0.15) is 0 Å². The van der Waals surface area contributed by atoms with Crippen LogP contribution in [0.1, 0.15) is 0 Å². The summed E-state index contributed by atoms with van der Waals surface area (Å²) in [6.45, 7) is 0. The summed E-state index contributed by atoms with van der Waals surface area (Å²) in [6, 6.07) is 0. The Balaban J connectivity index is -0.0000000135. The topological polar surface area (TPSA) is 190 Å². The molecule has 0 atom stereocenters. The van der Waals surface area contributed by atoms with E-state index in [1.807, 2.05) is 0 Å². The minimum Gasteiger partial charge on any atom is -0.672 e. The van der Waals surface area contributed by atoms with E-state index in [1.165, 1.54) is 0 Å². The van der Waals surface area contributed by atoms with Crippen molar-refractivity contribution in [2.24, 2.45) is 0 Å². The van der Waals surface area contributed by atoms with E-state index in [9.17, 15) is 0 Å². The molecule has 0 aliphatic rings. The van der Waals surface area contributed by atoms with Crippen LogP contribution in [0.5, 0.6) is 0 Å². The fraction of sp³-hybridized carbons (Fsp3) is 0. The quantitative estimate of drug-likeness (QED) is 0.368. The molecule has 80 valence electrons. The van der Waals surface area contributed by atoms with Gasteiger partial charge in [-0.3, -0.25) is 0 Å². The van der Waals surface area contributed by atoms with Crippen molar-refractivity contribution in [2.75, 3.05) is 0 Å². The molecule has 16 heteroatoms. The molecule has 9 nitrogen and oxygen atoms in total. The van der Waals surface area contributed by atoms with Gasteiger partial charge < -0.3 is 42.2 Å². The van der Waals surface area contributed by atoms with Crippen molar-refractivity contribution in [3.8, 4) is 0 Å². The van der Waals surface area contributed by atoms with E-state index in [0.717, 1.165) is 0 Å². The van der Waals surface area contributed by atoms with E-state index in [0.29, 0.717) is 0 Å². The summed E-state index contributed by atoms with van der Waals surface area (Å²) >= 11 is 0. The Labute approximate surface area is 146 Å². The third kappa shape index (κ3) is 1750. The third-order valence-corrected chi connectivity index (χ3v) is 0. The SMILES string of the molecule is O=[Si]([O-])[O-].O=[Si]([O-])[O-].O=[Si]([O-])[O-].[Al+3].[Al+3].[Ti].[Ti]. The number of rotatable bonds is 0. The average molecular weight is 378 g/mol. The molecule has 0 amide bonds. The van der Waals surface area contributed by atoms with E-state index in [2.05, 4.69) is 0 Å². The molecule has 0 aromatic heterocycles. The Morgan fingerprint density at radius 3 is 0.500 bits per heavy atom. The molecule has 0 aliphatic heterocycles. The first kappa shape index (κ1) is 43.3. The first-order chi connectivity index (χ1) is 5.20. The summed E-state index contributed by atoms with van der Waals surface area (Å²) < 4.78 is 25.6. The molecule has 0 heterocycles. The van der Waals surface area contributed by atoms with Crippen LogP contribution >= 0.6 is 0 Å². The van der Waals surface area contributed by atoms with Crippen LogP contribution in [0, 0.1) is 0 Å². The summed E-state index contributed by atoms with van der Waals surface area (Å²) in [7, 11) is -10.9. The summed E-state index contributed by atoms with van der Waals surface area (Å²) in [5, 5.41) is 0. The van der Waals surface area contributed by atoms with Crippen LogP contribution in [0.15, 0.2) is 0 Å². The second-order valence-corrected chi connectivity index (χ2v) is 2.25. The molecular formula is Al2O9Si3Ti2. The summed E-state index contributed by atoms with van der Waals surface area (Å²) in [5.74, 6) is 0. The molecule has 0 spiro atoms. The zero-order valence-electron chi connectivity index (χ0n) is 7.33. The molecular weight excluding hydrogens is 378 g/mol. The second-order valence-electron chi connectivity index (χ2n) is 0.750. The van der Waals surface area contributed by atoms with Gasteiger partial charge in [0.1, 0.15) is 0 Å². The largest absolute Gasteiger partial charge is 3.00 e. The molecule has 0 fully saturated rings. The van der Waals surface area contributed by atoms with Crippen molar-refractivity contribution in [1.82, 2.24) is 0 Å². The summed E-state index contributed by atoms with van der Waals surface area (Å²) in [5.41, 5.74) is 0. The predicted octanol–water partition coefficient (Wildman–Crippen LogP) is -9.40. The van der Waals surface area contributed by atoms with Gasteiger partial charge >= 0.3 is 34.7 Å². The van der Waals surface area contributed by atoms with E-state index >= 15 is 0 Å². The van der Waals surface area contributed by atoms with Crippen LogP contribution in [0.2, 0.25) is 0 Å². The minimum absolute atomic E-state index is 0. The van der Waals surface area contributed by atoms with Crippen LogP contribution in [0.3, 0.4) is 0 Å². The van der Waals surface area contributed by atoms with Crippen molar-refractivity contribution in [3.05, 3.63) is 0 Å². The second kappa shape index (κ2) is 36.0. The molecule has 0 aliphatic carbocycles. The molecule has 0 N–H and O–H groups in total. The van der Waals surface area contributed by atoms with E-state index in [4.69, 9.17) is 42.2 Å². The van der Waals surface area contributed by atoms with E-state index in [1.54, 1.807) is 0 Å². The van der Waals surface area contributed by atoms with Crippen molar-refractivity contribution in [1.29, 1.82) is 0 Å². The average Bonchev–Trinajstić information content (AvgIpc) is 1.54. The fourth-order valence-electron chi connectivity index (χ4n) is 0. The van der Waals surface area contributed by atoms with Crippen LogP contribution in [0.25, 0.3) is 0 Å². The summed E-state index contributed by atoms with van der Waals surface area (Å²) in [4.78, 5) is 51.1. The monoisotopic (exact) mass is 378 g/mol. The van der Waals surface area contributed by atoms with Gasteiger partial charge in [-0.25, -0.2) is 0 Å². The normalized spacial score (nSPS) is 4.50. The van der Waals surface area contributed by atoms with E-state index in [-0.39, 0.29) is 78.2 Å². The van der Waals surface area contributed by atoms with Gasteiger partial charge in [0.25, 0.3) is 0 Å². The standard InChI is InChI=1S/2Al.3O3Si.2Ti/c;;3*1-4(2)3;;/q2*+3;3*-2;;. The first-order valence-corrected chi connectivity index (χ1v) is 5.51. The van der Waals surface area contributed by atoms with Crippen LogP contribution in [0.4, 0.5) is 0 Å². The van der Waals surface area contributed by atoms with Crippen LogP contribution in [-0.2, 0) is 56.8 Å². The third-order valence-electron chi connectivity index (χ3n) is 0. The maximum Gasteiger partial charge on any atom is 3.00 e. The maximum absolute atomic E-state index is 8.52. The fourth-order valence-corrected chi connectivity index (χ4v) is 0. The minimum atomic E-state index is -3.63. The maximum atomic E-state index is 8.52. The molecule has 0 saturated heterocycles. The molecule has 0 aromatic carbocycles. The zero-order chi connectivity index (χ0) is 10.7. The first-order valence-electron chi connectivity index (χ1n) is 1.84. The van der Waals surface area contributed by atoms with Gasteiger partial charge in [-0.1, -0.05) is 0 Å². The Kier molecular flexibility index (Phi) is 97.3. The van der Waals surface area contributed by atoms with Gasteiger partial charge in [0.05, 0.1) is 0 Å². The smallest absolute Gasteiger partial charge is 0.672 e. The van der Waals surface area contributed by atoms with Crippen molar-refractivity contribution < 1.29 is 85.6 Å². The number of hydrogen-bond acceptors (Lipinski definition) is 9. The number of hydrogen-bond donors (Lipinski definition) is 0. The van der Waals surface area contributed by atoms with Gasteiger partial charge in [0, 0.05) is 70.9 Å². The molecule has 0 bridgehead atoms. The molecule has 0 aromatic rings. The van der Waals surface area contributed by atoms with Gasteiger partial charge in [-0.05, 0) is 0 Å². The molecule has 16 heavy (non-hydrogen) atoms. The predicted molar refractivity (Wildman–Crippen MR) is 30.8 cm³/mol. The van der Waals surface area contributed by atoms with Gasteiger partial charge in [-0.15, -0.1) is 0 Å². The van der Waals surface area contributed by atoms with Crippen LogP contribution in [-0.4, -0.2) is 62.2 Å². The Morgan fingerprint density at radius 1 is 0.500 bits per heavy atom. The molecule has 0 saturated carbocycles. The van der Waals surface area contributed by atoms with E-state index < -0.39 is 27.5 Å². The molecule has 0 radical (unpaired) electrons. The Bertz CT molecular complexity index is 124. The summed E-state index contributed by atoms with van der Waals surface area (Å²) in [6.07, 6.45) is 0. The molecule has 0 unspecified atom stereocenters. The van der Waals surface area contributed by atoms with Gasteiger partial charge in [0.15, 0.2) is 0 Å².